The monoisotopic (exact) mass is 503 g/mol. The van der Waals surface area contributed by atoms with E-state index in [1.807, 2.05) is 48.7 Å². The van der Waals surface area contributed by atoms with Crippen LogP contribution in [0.3, 0.4) is 0 Å². The summed E-state index contributed by atoms with van der Waals surface area (Å²) in [5.41, 5.74) is 2.14. The van der Waals surface area contributed by atoms with Gasteiger partial charge in [0.05, 0.1) is 16.8 Å². The number of hydrogen-bond donors (Lipinski definition) is 3. The van der Waals surface area contributed by atoms with E-state index < -0.39 is 17.1 Å². The molecule has 176 valence electrons. The molecule has 0 saturated carbocycles. The van der Waals surface area contributed by atoms with Crippen molar-refractivity contribution < 1.29 is 19.5 Å². The Bertz CT molecular complexity index is 1370. The van der Waals surface area contributed by atoms with Gasteiger partial charge in [0, 0.05) is 16.0 Å². The van der Waals surface area contributed by atoms with Crippen molar-refractivity contribution in [3.05, 3.63) is 107 Å². The van der Waals surface area contributed by atoms with Crippen LogP contribution in [0.15, 0.2) is 89.1 Å². The Labute approximate surface area is 210 Å². The molecule has 3 aromatic carbocycles. The summed E-state index contributed by atoms with van der Waals surface area (Å²) in [7, 11) is 0. The molecule has 1 atom stereocenters. The third kappa shape index (κ3) is 6.14. The van der Waals surface area contributed by atoms with Crippen LogP contribution in [0.1, 0.15) is 37.2 Å². The van der Waals surface area contributed by atoms with Gasteiger partial charge in [-0.05, 0) is 42.8 Å². The van der Waals surface area contributed by atoms with Crippen LogP contribution in [0.5, 0.6) is 0 Å². The third-order valence-corrected chi connectivity index (χ3v) is 7.06. The zero-order valence-corrected chi connectivity index (χ0v) is 20.2. The fraction of sp³-hybridized carbons (Fsp3) is 0.0769. The van der Waals surface area contributed by atoms with Crippen molar-refractivity contribution in [2.75, 3.05) is 10.6 Å². The molecule has 0 aliphatic rings. The molecule has 4 aromatic rings. The van der Waals surface area contributed by atoms with E-state index in [0.717, 1.165) is 16.2 Å². The molecule has 1 heterocycles. The number of carboxylic acid groups (broad SMARTS) is 1. The van der Waals surface area contributed by atoms with Gasteiger partial charge in [0.25, 0.3) is 5.91 Å². The number of nitrogens with zero attached hydrogens (tertiary/aromatic N) is 1. The van der Waals surface area contributed by atoms with E-state index in [2.05, 4.69) is 15.6 Å². The largest absolute Gasteiger partial charge is 0.478 e. The number of carboxylic acids is 1. The zero-order chi connectivity index (χ0) is 24.8. The number of rotatable bonds is 8. The molecule has 2 amide bonds. The molecule has 0 spiro atoms. The lowest BCUT2D eigenvalue weighted by Gasteiger charge is -2.17. The Kier molecular flexibility index (Phi) is 7.59. The van der Waals surface area contributed by atoms with Crippen LogP contribution in [0, 0.1) is 6.92 Å². The van der Waals surface area contributed by atoms with E-state index in [0.29, 0.717) is 10.8 Å². The van der Waals surface area contributed by atoms with E-state index in [1.165, 1.54) is 35.2 Å². The molecule has 0 radical (unpaired) electrons. The number of benzene rings is 3. The lowest BCUT2D eigenvalue weighted by Crippen LogP contribution is -2.19. The van der Waals surface area contributed by atoms with E-state index in [9.17, 15) is 19.5 Å². The Hall–Kier alpha value is -3.95. The number of carbonyl (C=O) groups excluding carboxylic acids is 2. The summed E-state index contributed by atoms with van der Waals surface area (Å²) in [4.78, 5) is 42.5. The van der Waals surface area contributed by atoms with Crippen LogP contribution in [0.25, 0.3) is 0 Å². The SMILES string of the molecule is Cc1csc(NC(=O)C(Sc2cccc(NC(=O)c3ccccc3C(=O)O)c2)c2ccccc2)n1. The molecule has 0 aliphatic heterocycles. The number of aromatic nitrogens is 1. The average Bonchev–Trinajstić information content (AvgIpc) is 3.27. The first kappa shape index (κ1) is 24.2. The smallest absolute Gasteiger partial charge is 0.336 e. The van der Waals surface area contributed by atoms with E-state index in [1.54, 1.807) is 30.3 Å². The summed E-state index contributed by atoms with van der Waals surface area (Å²) < 4.78 is 0. The second-order valence-corrected chi connectivity index (χ2v) is 9.56. The molecule has 35 heavy (non-hydrogen) atoms. The highest BCUT2D eigenvalue weighted by atomic mass is 32.2. The maximum atomic E-state index is 13.2. The molecule has 0 fully saturated rings. The van der Waals surface area contributed by atoms with Gasteiger partial charge in [-0.25, -0.2) is 9.78 Å². The van der Waals surface area contributed by atoms with Crippen molar-refractivity contribution >= 4 is 51.7 Å². The lowest BCUT2D eigenvalue weighted by molar-refractivity contribution is -0.115. The van der Waals surface area contributed by atoms with E-state index >= 15 is 0 Å². The van der Waals surface area contributed by atoms with Gasteiger partial charge in [0.15, 0.2) is 5.13 Å². The van der Waals surface area contributed by atoms with Gasteiger partial charge in [-0.15, -0.1) is 23.1 Å². The van der Waals surface area contributed by atoms with Crippen LogP contribution in [-0.2, 0) is 4.79 Å². The van der Waals surface area contributed by atoms with E-state index in [4.69, 9.17) is 0 Å². The average molecular weight is 504 g/mol. The number of amides is 2. The summed E-state index contributed by atoms with van der Waals surface area (Å²) in [6.07, 6.45) is 0. The van der Waals surface area contributed by atoms with Crippen molar-refractivity contribution in [2.45, 2.75) is 17.1 Å². The third-order valence-electron chi connectivity index (χ3n) is 4.94. The molecule has 0 saturated heterocycles. The molecule has 1 aromatic heterocycles. The molecule has 1 unspecified atom stereocenters. The van der Waals surface area contributed by atoms with Gasteiger partial charge in [-0.1, -0.05) is 48.5 Å². The van der Waals surface area contributed by atoms with Crippen molar-refractivity contribution in [3.63, 3.8) is 0 Å². The Morgan fingerprint density at radius 2 is 1.63 bits per heavy atom. The summed E-state index contributed by atoms with van der Waals surface area (Å²) in [6, 6.07) is 22.5. The minimum absolute atomic E-state index is 0.0679. The van der Waals surface area contributed by atoms with Gasteiger partial charge in [0.2, 0.25) is 5.91 Å². The maximum Gasteiger partial charge on any atom is 0.336 e. The molecule has 7 nitrogen and oxygen atoms in total. The van der Waals surface area contributed by atoms with Crippen LogP contribution in [0.2, 0.25) is 0 Å². The molecule has 0 aliphatic carbocycles. The van der Waals surface area contributed by atoms with Gasteiger partial charge >= 0.3 is 5.97 Å². The Morgan fingerprint density at radius 1 is 0.914 bits per heavy atom. The summed E-state index contributed by atoms with van der Waals surface area (Å²) in [6.45, 7) is 1.87. The summed E-state index contributed by atoms with van der Waals surface area (Å²) in [5.74, 6) is -1.91. The molecule has 9 heteroatoms. The van der Waals surface area contributed by atoms with Crippen molar-refractivity contribution in [3.8, 4) is 0 Å². The van der Waals surface area contributed by atoms with Crippen LogP contribution >= 0.6 is 23.1 Å². The number of anilines is 2. The number of thioether (sulfide) groups is 1. The van der Waals surface area contributed by atoms with Crippen molar-refractivity contribution in [2.24, 2.45) is 0 Å². The summed E-state index contributed by atoms with van der Waals surface area (Å²) >= 11 is 2.71. The van der Waals surface area contributed by atoms with Crippen molar-refractivity contribution in [1.29, 1.82) is 0 Å². The molecule has 3 N–H and O–H groups in total. The number of aromatic carboxylic acids is 1. The zero-order valence-electron chi connectivity index (χ0n) is 18.6. The first-order chi connectivity index (χ1) is 16.9. The molecular formula is C26H21N3O4S2. The van der Waals surface area contributed by atoms with Gasteiger partial charge in [0.1, 0.15) is 5.25 Å². The van der Waals surface area contributed by atoms with Crippen molar-refractivity contribution in [1.82, 2.24) is 4.98 Å². The molecular weight excluding hydrogens is 482 g/mol. The second-order valence-electron chi connectivity index (χ2n) is 7.52. The highest BCUT2D eigenvalue weighted by Gasteiger charge is 2.23. The lowest BCUT2D eigenvalue weighted by atomic mass is 10.1. The number of carbonyl (C=O) groups is 3. The van der Waals surface area contributed by atoms with Crippen LogP contribution in [0.4, 0.5) is 10.8 Å². The maximum absolute atomic E-state index is 13.2. The topological polar surface area (TPSA) is 108 Å². The number of hydrogen-bond acceptors (Lipinski definition) is 6. The van der Waals surface area contributed by atoms with Gasteiger partial charge in [-0.2, -0.15) is 0 Å². The fourth-order valence-electron chi connectivity index (χ4n) is 3.33. The fourth-order valence-corrected chi connectivity index (χ4v) is 5.11. The standard InChI is InChI=1S/C26H21N3O4S2/c1-16-15-34-26(27-16)29-24(31)22(17-8-3-2-4-9-17)35-19-11-7-10-18(14-19)28-23(30)20-12-5-6-13-21(20)25(32)33/h2-15,22H,1H3,(H,28,30)(H,32,33)(H,27,29,31). The van der Waals surface area contributed by atoms with Gasteiger partial charge < -0.3 is 15.7 Å². The number of aryl methyl sites for hydroxylation is 1. The summed E-state index contributed by atoms with van der Waals surface area (Å²) in [5, 5.41) is 16.9. The Balaban J connectivity index is 1.55. The van der Waals surface area contributed by atoms with E-state index in [-0.39, 0.29) is 17.0 Å². The highest BCUT2D eigenvalue weighted by Crippen LogP contribution is 2.37. The van der Waals surface area contributed by atoms with Gasteiger partial charge in [-0.3, -0.25) is 9.59 Å². The number of thiazole rings is 1. The second kappa shape index (κ2) is 11.0. The number of nitrogens with one attached hydrogen (secondary N) is 2. The highest BCUT2D eigenvalue weighted by molar-refractivity contribution is 8.00. The predicted molar refractivity (Wildman–Crippen MR) is 138 cm³/mol. The Morgan fingerprint density at radius 3 is 2.31 bits per heavy atom. The first-order valence-electron chi connectivity index (χ1n) is 10.6. The minimum atomic E-state index is -1.17. The predicted octanol–water partition coefficient (Wildman–Crippen LogP) is 5.87. The normalized spacial score (nSPS) is 11.5. The first-order valence-corrected chi connectivity index (χ1v) is 12.3. The van der Waals surface area contributed by atoms with Crippen LogP contribution < -0.4 is 10.6 Å². The quantitative estimate of drug-likeness (QED) is 0.259. The molecule has 4 rings (SSSR count). The minimum Gasteiger partial charge on any atom is -0.478 e. The molecule has 0 bridgehead atoms. The van der Waals surface area contributed by atoms with Crippen LogP contribution in [-0.4, -0.2) is 27.9 Å².